The molecule has 3 nitrogen and oxygen atoms in total. The Balaban J connectivity index is 2.60. The van der Waals surface area contributed by atoms with Crippen molar-refractivity contribution in [3.63, 3.8) is 0 Å². The molecule has 1 atom stereocenters. The zero-order chi connectivity index (χ0) is 9.84. The van der Waals surface area contributed by atoms with Crippen LogP contribution in [-0.2, 0) is 9.53 Å². The molecule has 0 radical (unpaired) electrons. The quantitative estimate of drug-likeness (QED) is 0.620. The van der Waals surface area contributed by atoms with Crippen molar-refractivity contribution >= 4 is 5.97 Å². The zero-order valence-corrected chi connectivity index (χ0v) is 8.75. The van der Waals surface area contributed by atoms with E-state index < -0.39 is 0 Å². The van der Waals surface area contributed by atoms with Gasteiger partial charge in [-0.15, -0.1) is 0 Å². The van der Waals surface area contributed by atoms with Crippen molar-refractivity contribution in [2.24, 2.45) is 5.92 Å². The fourth-order valence-electron chi connectivity index (χ4n) is 2.22. The van der Waals surface area contributed by atoms with Crippen LogP contribution >= 0.6 is 0 Å². The molecule has 0 aliphatic heterocycles. The summed E-state index contributed by atoms with van der Waals surface area (Å²) >= 11 is 0. The molecule has 3 heteroatoms. The lowest BCUT2D eigenvalue weighted by Gasteiger charge is -2.26. The second kappa shape index (κ2) is 4.61. The average molecular weight is 185 g/mol. The third-order valence-corrected chi connectivity index (χ3v) is 2.85. The maximum Gasteiger partial charge on any atom is 0.323 e. The lowest BCUT2D eigenvalue weighted by molar-refractivity contribution is -0.148. The van der Waals surface area contributed by atoms with Gasteiger partial charge in [-0.1, -0.05) is 12.8 Å². The van der Waals surface area contributed by atoms with Crippen molar-refractivity contribution in [1.29, 1.82) is 0 Å². The summed E-state index contributed by atoms with van der Waals surface area (Å²) in [7, 11) is 5.35. The molecule has 0 saturated heterocycles. The molecule has 76 valence electrons. The number of hydrogen-bond donors (Lipinski definition) is 0. The van der Waals surface area contributed by atoms with Gasteiger partial charge in [0.05, 0.1) is 7.11 Å². The van der Waals surface area contributed by atoms with Crippen LogP contribution in [0.1, 0.15) is 25.7 Å². The molecule has 0 aromatic rings. The van der Waals surface area contributed by atoms with Gasteiger partial charge >= 0.3 is 5.97 Å². The minimum atomic E-state index is -0.0862. The first kappa shape index (κ1) is 10.5. The van der Waals surface area contributed by atoms with Gasteiger partial charge in [0.15, 0.2) is 0 Å². The number of methoxy groups -OCH3 is 1. The summed E-state index contributed by atoms with van der Waals surface area (Å²) < 4.78 is 4.81. The van der Waals surface area contributed by atoms with E-state index in [2.05, 4.69) is 0 Å². The van der Waals surface area contributed by atoms with Crippen LogP contribution in [0.3, 0.4) is 0 Å². The van der Waals surface area contributed by atoms with Crippen LogP contribution in [0.25, 0.3) is 0 Å². The number of nitrogens with zero attached hydrogens (tertiary/aromatic N) is 1. The number of carbonyl (C=O) groups is 1. The Bertz CT molecular complexity index is 174. The van der Waals surface area contributed by atoms with E-state index in [0.29, 0.717) is 5.92 Å². The largest absolute Gasteiger partial charge is 0.468 e. The summed E-state index contributed by atoms with van der Waals surface area (Å²) in [5.41, 5.74) is 0. The van der Waals surface area contributed by atoms with Gasteiger partial charge < -0.3 is 4.74 Å². The third kappa shape index (κ3) is 2.44. The van der Waals surface area contributed by atoms with Gasteiger partial charge in [0.2, 0.25) is 0 Å². The van der Waals surface area contributed by atoms with Crippen LogP contribution < -0.4 is 0 Å². The van der Waals surface area contributed by atoms with E-state index in [9.17, 15) is 4.79 Å². The summed E-state index contributed by atoms with van der Waals surface area (Å²) in [6.45, 7) is 0. The van der Waals surface area contributed by atoms with E-state index in [0.717, 1.165) is 12.8 Å². The maximum atomic E-state index is 11.5. The van der Waals surface area contributed by atoms with E-state index in [1.54, 1.807) is 0 Å². The molecule has 0 bridgehead atoms. The van der Waals surface area contributed by atoms with E-state index in [-0.39, 0.29) is 12.0 Å². The minimum absolute atomic E-state index is 0.0347. The summed E-state index contributed by atoms with van der Waals surface area (Å²) in [6, 6.07) is -0.0347. The topological polar surface area (TPSA) is 29.5 Å². The summed E-state index contributed by atoms with van der Waals surface area (Å²) in [6.07, 6.45) is 4.84. The van der Waals surface area contributed by atoms with Crippen molar-refractivity contribution < 1.29 is 9.53 Å². The molecule has 0 spiro atoms. The van der Waals surface area contributed by atoms with E-state index in [1.807, 2.05) is 19.0 Å². The first-order valence-electron chi connectivity index (χ1n) is 4.91. The minimum Gasteiger partial charge on any atom is -0.468 e. The molecule has 0 aromatic carbocycles. The Hall–Kier alpha value is -0.570. The first-order chi connectivity index (χ1) is 6.16. The SMILES string of the molecule is COC(=O)C(C1CCCC1)N(C)C. The summed E-state index contributed by atoms with van der Waals surface area (Å²) in [5, 5.41) is 0. The molecular formula is C10H19NO2. The third-order valence-electron chi connectivity index (χ3n) is 2.85. The molecule has 0 aromatic heterocycles. The second-order valence-electron chi connectivity index (χ2n) is 3.98. The molecule has 1 saturated carbocycles. The van der Waals surface area contributed by atoms with Gasteiger partial charge in [-0.25, -0.2) is 0 Å². The maximum absolute atomic E-state index is 11.5. The number of ether oxygens (including phenoxy) is 1. The number of carbonyl (C=O) groups excluding carboxylic acids is 1. The molecule has 1 rings (SSSR count). The molecule has 13 heavy (non-hydrogen) atoms. The molecule has 1 unspecified atom stereocenters. The van der Waals surface area contributed by atoms with Gasteiger partial charge in [-0.05, 0) is 32.9 Å². The number of esters is 1. The zero-order valence-electron chi connectivity index (χ0n) is 8.75. The van der Waals surface area contributed by atoms with E-state index in [1.165, 1.54) is 20.0 Å². The lowest BCUT2D eigenvalue weighted by atomic mass is 9.97. The predicted molar refractivity (Wildman–Crippen MR) is 51.4 cm³/mol. The van der Waals surface area contributed by atoms with Gasteiger partial charge in [-0.3, -0.25) is 9.69 Å². The first-order valence-corrected chi connectivity index (χ1v) is 4.91. The van der Waals surface area contributed by atoms with Crippen molar-refractivity contribution in [3.05, 3.63) is 0 Å². The van der Waals surface area contributed by atoms with Crippen LogP contribution in [0.2, 0.25) is 0 Å². The Kier molecular flexibility index (Phi) is 3.72. The second-order valence-corrected chi connectivity index (χ2v) is 3.98. The highest BCUT2D eigenvalue weighted by Crippen LogP contribution is 2.29. The van der Waals surface area contributed by atoms with Crippen molar-refractivity contribution in [1.82, 2.24) is 4.90 Å². The van der Waals surface area contributed by atoms with E-state index in [4.69, 9.17) is 4.74 Å². The highest BCUT2D eigenvalue weighted by atomic mass is 16.5. The normalized spacial score (nSPS) is 20.6. The Labute approximate surface area is 80.1 Å². The summed E-state index contributed by atoms with van der Waals surface area (Å²) in [4.78, 5) is 13.5. The van der Waals surface area contributed by atoms with Crippen molar-refractivity contribution in [2.45, 2.75) is 31.7 Å². The fourth-order valence-corrected chi connectivity index (χ4v) is 2.22. The summed E-state index contributed by atoms with van der Waals surface area (Å²) in [5.74, 6) is 0.416. The van der Waals surface area contributed by atoms with Crippen LogP contribution in [0.5, 0.6) is 0 Å². The predicted octanol–water partition coefficient (Wildman–Crippen LogP) is 1.28. The smallest absolute Gasteiger partial charge is 0.323 e. The van der Waals surface area contributed by atoms with Gasteiger partial charge in [0.25, 0.3) is 0 Å². The lowest BCUT2D eigenvalue weighted by Crippen LogP contribution is -2.41. The molecule has 1 aliphatic rings. The Morgan fingerprint density at radius 3 is 2.31 bits per heavy atom. The van der Waals surface area contributed by atoms with Crippen molar-refractivity contribution in [3.8, 4) is 0 Å². The van der Waals surface area contributed by atoms with Gasteiger partial charge in [-0.2, -0.15) is 0 Å². The standard InChI is InChI=1S/C10H19NO2/c1-11(2)9(10(12)13-3)8-6-4-5-7-8/h8-9H,4-7H2,1-3H3. The average Bonchev–Trinajstić information content (AvgIpc) is 2.56. The Morgan fingerprint density at radius 2 is 1.92 bits per heavy atom. The molecule has 0 N–H and O–H groups in total. The van der Waals surface area contributed by atoms with Gasteiger partial charge in [0.1, 0.15) is 6.04 Å². The molecule has 1 fully saturated rings. The van der Waals surface area contributed by atoms with Crippen molar-refractivity contribution in [2.75, 3.05) is 21.2 Å². The van der Waals surface area contributed by atoms with Crippen LogP contribution in [0, 0.1) is 5.92 Å². The van der Waals surface area contributed by atoms with Crippen LogP contribution in [0.4, 0.5) is 0 Å². The van der Waals surface area contributed by atoms with E-state index >= 15 is 0 Å². The highest BCUT2D eigenvalue weighted by Gasteiger charge is 2.32. The molecular weight excluding hydrogens is 166 g/mol. The van der Waals surface area contributed by atoms with Crippen LogP contribution in [-0.4, -0.2) is 38.1 Å². The Morgan fingerprint density at radius 1 is 1.38 bits per heavy atom. The van der Waals surface area contributed by atoms with Crippen LogP contribution in [0.15, 0.2) is 0 Å². The number of rotatable bonds is 3. The number of likely N-dealkylation sites (N-methyl/N-ethyl adjacent to an activating group) is 1. The monoisotopic (exact) mass is 185 g/mol. The molecule has 0 heterocycles. The number of hydrogen-bond acceptors (Lipinski definition) is 3. The molecule has 0 amide bonds. The molecule has 1 aliphatic carbocycles. The fraction of sp³-hybridized carbons (Fsp3) is 0.900. The van der Waals surface area contributed by atoms with Gasteiger partial charge in [0, 0.05) is 0 Å². The highest BCUT2D eigenvalue weighted by molar-refractivity contribution is 5.76.